The van der Waals surface area contributed by atoms with Gasteiger partial charge in [-0.1, -0.05) is 6.92 Å². The Kier molecular flexibility index (Phi) is 6.20. The molecule has 10 heteroatoms. The highest BCUT2D eigenvalue weighted by Gasteiger charge is 2.44. The van der Waals surface area contributed by atoms with E-state index in [0.717, 1.165) is 38.8 Å². The zero-order chi connectivity index (χ0) is 18.9. The van der Waals surface area contributed by atoms with Crippen LogP contribution >= 0.6 is 11.3 Å². The van der Waals surface area contributed by atoms with Gasteiger partial charge >= 0.3 is 15.6 Å². The Labute approximate surface area is 149 Å². The summed E-state index contributed by atoms with van der Waals surface area (Å²) in [7, 11) is -5.84. The van der Waals surface area contributed by atoms with Gasteiger partial charge in [0.05, 0.1) is 12.2 Å². The number of aryl methyl sites for hydroxylation is 1. The van der Waals surface area contributed by atoms with Crippen LogP contribution in [0, 0.1) is 0 Å². The first-order chi connectivity index (χ1) is 11.5. The molecule has 0 bridgehead atoms. The van der Waals surface area contributed by atoms with Crippen LogP contribution < -0.4 is 5.32 Å². The molecule has 2 N–H and O–H groups in total. The van der Waals surface area contributed by atoms with E-state index in [1.807, 2.05) is 11.3 Å². The van der Waals surface area contributed by atoms with E-state index in [9.17, 15) is 13.2 Å². The van der Waals surface area contributed by atoms with Crippen molar-refractivity contribution in [2.24, 2.45) is 0 Å². The van der Waals surface area contributed by atoms with E-state index in [2.05, 4.69) is 25.2 Å². The molecule has 25 heavy (non-hydrogen) atoms. The first-order valence-corrected chi connectivity index (χ1v) is 10.3. The largest absolute Gasteiger partial charge is 0.522 e. The summed E-state index contributed by atoms with van der Waals surface area (Å²) in [5.41, 5.74) is -3.99. The van der Waals surface area contributed by atoms with Gasteiger partial charge in [0, 0.05) is 22.2 Å². The summed E-state index contributed by atoms with van der Waals surface area (Å²) in [5.74, 6) is 0. The molecule has 0 saturated carbocycles. The van der Waals surface area contributed by atoms with Crippen LogP contribution in [0.1, 0.15) is 42.0 Å². The van der Waals surface area contributed by atoms with Gasteiger partial charge in [-0.15, -0.1) is 11.3 Å². The molecular formula is C15H22F3NO4S2. The fraction of sp³-hybridized carbons (Fsp3) is 0.733. The molecule has 5 nitrogen and oxygen atoms in total. The van der Waals surface area contributed by atoms with Gasteiger partial charge in [0.2, 0.25) is 0 Å². The lowest BCUT2D eigenvalue weighted by Crippen LogP contribution is -2.48. The van der Waals surface area contributed by atoms with E-state index in [1.54, 1.807) is 4.88 Å². The first kappa shape index (κ1) is 20.6. The van der Waals surface area contributed by atoms with Crippen molar-refractivity contribution in [1.29, 1.82) is 0 Å². The lowest BCUT2D eigenvalue weighted by atomic mass is 9.80. The average molecular weight is 401 g/mol. The monoisotopic (exact) mass is 401 g/mol. The normalized spacial score (nSPS) is 26.7. The molecule has 2 unspecified atom stereocenters. The third-order valence-corrected chi connectivity index (χ3v) is 6.28. The van der Waals surface area contributed by atoms with E-state index in [-0.39, 0.29) is 5.60 Å². The number of piperidine rings is 1. The molecule has 0 radical (unpaired) electrons. The molecule has 0 amide bonds. The van der Waals surface area contributed by atoms with Crippen LogP contribution in [0.2, 0.25) is 0 Å². The van der Waals surface area contributed by atoms with Crippen molar-refractivity contribution >= 4 is 21.5 Å². The van der Waals surface area contributed by atoms with Crippen LogP contribution in [0.15, 0.2) is 6.07 Å². The van der Waals surface area contributed by atoms with Crippen LogP contribution in [-0.2, 0) is 33.3 Å². The second-order valence-corrected chi connectivity index (χ2v) is 8.86. The van der Waals surface area contributed by atoms with Gasteiger partial charge in [-0.05, 0) is 44.4 Å². The fourth-order valence-corrected chi connectivity index (χ4v) is 4.39. The van der Waals surface area contributed by atoms with Gasteiger partial charge < -0.3 is 10.1 Å². The zero-order valence-corrected chi connectivity index (χ0v) is 15.7. The molecule has 3 rings (SSSR count). The first-order valence-electron chi connectivity index (χ1n) is 8.01. The zero-order valence-electron chi connectivity index (χ0n) is 14.0. The summed E-state index contributed by atoms with van der Waals surface area (Å²) in [6, 6.07) is 2.98. The van der Waals surface area contributed by atoms with E-state index in [0.29, 0.717) is 6.04 Å². The topological polar surface area (TPSA) is 75.6 Å². The van der Waals surface area contributed by atoms with Crippen LogP contribution in [0.5, 0.6) is 0 Å². The molecule has 1 aromatic heterocycles. The summed E-state index contributed by atoms with van der Waals surface area (Å²) in [6.07, 6.45) is 4.52. The van der Waals surface area contributed by atoms with Gasteiger partial charge in [0.1, 0.15) is 0 Å². The number of rotatable bonds is 1. The molecule has 1 fully saturated rings. The Morgan fingerprint density at radius 3 is 2.64 bits per heavy atom. The minimum atomic E-state index is -5.84. The van der Waals surface area contributed by atoms with Crippen molar-refractivity contribution in [2.75, 3.05) is 13.2 Å². The molecule has 1 spiro atoms. The number of thiophene rings is 1. The highest BCUT2D eigenvalue weighted by Crippen LogP contribution is 2.44. The summed E-state index contributed by atoms with van der Waals surface area (Å²) in [5, 5.41) is 3.53. The average Bonchev–Trinajstić information content (AvgIpc) is 2.91. The van der Waals surface area contributed by atoms with Crippen molar-refractivity contribution in [3.05, 3.63) is 21.4 Å². The maximum Gasteiger partial charge on any atom is 0.522 e. The van der Waals surface area contributed by atoms with Gasteiger partial charge in [0.25, 0.3) is 0 Å². The summed E-state index contributed by atoms with van der Waals surface area (Å²) in [6.45, 7) is 6.50. The molecule has 0 aliphatic carbocycles. The highest BCUT2D eigenvalue weighted by molar-refractivity contribution is 7.86. The third-order valence-electron chi connectivity index (χ3n) is 4.36. The SMILES string of the molecule is CCc1cc2c(s1)CCOC21CCNC(C)C1.O=S(=O)(O)C(F)(F)F. The number of hydrogen-bond donors (Lipinski definition) is 2. The molecular weight excluding hydrogens is 379 g/mol. The Morgan fingerprint density at radius 2 is 2.12 bits per heavy atom. The summed E-state index contributed by atoms with van der Waals surface area (Å²) in [4.78, 5) is 3.10. The van der Waals surface area contributed by atoms with Crippen LogP contribution in [0.25, 0.3) is 0 Å². The van der Waals surface area contributed by atoms with Crippen LogP contribution in [-0.4, -0.2) is 37.7 Å². The Hall–Kier alpha value is -0.680. The highest BCUT2D eigenvalue weighted by atomic mass is 32.2. The van der Waals surface area contributed by atoms with Crippen molar-refractivity contribution in [3.63, 3.8) is 0 Å². The second kappa shape index (κ2) is 7.51. The van der Waals surface area contributed by atoms with E-state index < -0.39 is 15.6 Å². The minimum Gasteiger partial charge on any atom is -0.370 e. The Bertz CT molecular complexity index is 702. The molecule has 1 saturated heterocycles. The minimum absolute atomic E-state index is 0.0299. The van der Waals surface area contributed by atoms with Gasteiger partial charge in [-0.3, -0.25) is 4.55 Å². The third kappa shape index (κ3) is 4.73. The predicted molar refractivity (Wildman–Crippen MR) is 89.3 cm³/mol. The van der Waals surface area contributed by atoms with E-state index >= 15 is 0 Å². The smallest absolute Gasteiger partial charge is 0.370 e. The molecule has 2 aliphatic heterocycles. The Balaban J connectivity index is 0.000000242. The number of halogens is 3. The lowest BCUT2D eigenvalue weighted by Gasteiger charge is -2.43. The predicted octanol–water partition coefficient (Wildman–Crippen LogP) is 3.24. The number of alkyl halides is 3. The summed E-state index contributed by atoms with van der Waals surface area (Å²) >= 11 is 2.00. The van der Waals surface area contributed by atoms with Crippen molar-refractivity contribution in [2.45, 2.75) is 56.7 Å². The lowest BCUT2D eigenvalue weighted by molar-refractivity contribution is -0.0870. The van der Waals surface area contributed by atoms with E-state index in [4.69, 9.17) is 17.7 Å². The van der Waals surface area contributed by atoms with Crippen molar-refractivity contribution in [1.82, 2.24) is 5.32 Å². The fourth-order valence-electron chi connectivity index (χ4n) is 3.21. The quantitative estimate of drug-likeness (QED) is 0.558. The number of nitrogens with one attached hydrogen (secondary N) is 1. The van der Waals surface area contributed by atoms with Crippen LogP contribution in [0.3, 0.4) is 0 Å². The molecule has 1 aromatic rings. The van der Waals surface area contributed by atoms with Gasteiger partial charge in [-0.25, -0.2) is 0 Å². The van der Waals surface area contributed by atoms with E-state index in [1.165, 1.54) is 10.4 Å². The maximum absolute atomic E-state index is 10.7. The van der Waals surface area contributed by atoms with Crippen LogP contribution in [0.4, 0.5) is 13.2 Å². The molecule has 0 aromatic carbocycles. The number of fused-ring (bicyclic) bond motifs is 2. The molecule has 3 heterocycles. The standard InChI is InChI=1S/C14H21NOS.CHF3O3S/c1-3-11-8-12-13(17-11)4-7-16-14(12)5-6-15-10(2)9-14;2-1(3,4)8(5,6)7/h8,10,15H,3-7,9H2,1-2H3;(H,5,6,7). The molecule has 2 atom stereocenters. The number of hydrogen-bond acceptors (Lipinski definition) is 5. The molecule has 2 aliphatic rings. The van der Waals surface area contributed by atoms with Gasteiger partial charge in [-0.2, -0.15) is 21.6 Å². The summed E-state index contributed by atoms with van der Waals surface area (Å²) < 4.78 is 63.8. The Morgan fingerprint density at radius 1 is 1.48 bits per heavy atom. The van der Waals surface area contributed by atoms with Crippen molar-refractivity contribution < 1.29 is 30.9 Å². The molecule has 144 valence electrons. The number of ether oxygens (including phenoxy) is 1. The van der Waals surface area contributed by atoms with Crippen molar-refractivity contribution in [3.8, 4) is 0 Å². The second-order valence-electron chi connectivity index (χ2n) is 6.23. The maximum atomic E-state index is 10.7. The van der Waals surface area contributed by atoms with Gasteiger partial charge in [0.15, 0.2) is 0 Å².